The van der Waals surface area contributed by atoms with Gasteiger partial charge in [0, 0.05) is 23.3 Å². The fraction of sp³-hybridized carbons (Fsp3) is 0.120. The molecular formula is C25H22FN3O6S. The fourth-order valence-electron chi connectivity index (χ4n) is 3.36. The lowest BCUT2D eigenvalue weighted by Crippen LogP contribution is -2.32. The number of nitrogens with one attached hydrogen (secondary N) is 2. The third kappa shape index (κ3) is 5.53. The van der Waals surface area contributed by atoms with E-state index in [2.05, 4.69) is 15.0 Å². The minimum absolute atomic E-state index is 0.196. The molecule has 3 aromatic carbocycles. The lowest BCUT2D eigenvalue weighted by atomic mass is 10.2. The number of fused-ring (bicyclic) bond motifs is 1. The smallest absolute Gasteiger partial charge is 0.241 e. The molecule has 0 unspecified atom stereocenters. The summed E-state index contributed by atoms with van der Waals surface area (Å²) < 4.78 is 58.5. The van der Waals surface area contributed by atoms with E-state index in [0.717, 1.165) is 6.07 Å². The van der Waals surface area contributed by atoms with Gasteiger partial charge < -0.3 is 19.5 Å². The second-order valence-corrected chi connectivity index (χ2v) is 9.23. The zero-order chi connectivity index (χ0) is 25.7. The van der Waals surface area contributed by atoms with Crippen molar-refractivity contribution in [2.75, 3.05) is 26.1 Å². The molecule has 0 saturated heterocycles. The standard InChI is InChI=1S/C25H22FN3O6S/c1-33-23-13-18-20(14-24(23)34-2)27-11-10-21(18)35-22-9-8-17(12-19(22)26)36(31,32)28-15-25(30)29-16-6-4-3-5-7-16/h3-14,28H,15H2,1-2H3,(H,29,30). The minimum atomic E-state index is -4.16. The highest BCUT2D eigenvalue weighted by Crippen LogP contribution is 2.37. The number of benzene rings is 3. The number of para-hydroxylation sites is 1. The van der Waals surface area contributed by atoms with Gasteiger partial charge in [0.1, 0.15) is 5.75 Å². The van der Waals surface area contributed by atoms with Crippen molar-refractivity contribution in [2.45, 2.75) is 4.90 Å². The molecule has 9 nitrogen and oxygen atoms in total. The van der Waals surface area contributed by atoms with Gasteiger partial charge in [-0.25, -0.2) is 17.5 Å². The number of halogens is 1. The number of aromatic nitrogens is 1. The Labute approximate surface area is 206 Å². The number of nitrogens with zero attached hydrogens (tertiary/aromatic N) is 1. The molecule has 36 heavy (non-hydrogen) atoms. The van der Waals surface area contributed by atoms with E-state index in [9.17, 15) is 17.6 Å². The highest BCUT2D eigenvalue weighted by molar-refractivity contribution is 7.89. The Balaban J connectivity index is 1.51. The Morgan fingerprint density at radius 1 is 0.917 bits per heavy atom. The summed E-state index contributed by atoms with van der Waals surface area (Å²) in [5.41, 5.74) is 1.05. The number of carbonyl (C=O) groups excluding carboxylic acids is 1. The third-order valence-corrected chi connectivity index (χ3v) is 6.52. The number of amides is 1. The normalized spacial score (nSPS) is 11.2. The van der Waals surface area contributed by atoms with Crippen LogP contribution in [0.3, 0.4) is 0 Å². The maximum Gasteiger partial charge on any atom is 0.241 e. The molecule has 1 heterocycles. The summed E-state index contributed by atoms with van der Waals surface area (Å²) in [5, 5.41) is 3.10. The van der Waals surface area contributed by atoms with Gasteiger partial charge in [0.15, 0.2) is 23.1 Å². The van der Waals surface area contributed by atoms with Gasteiger partial charge in [-0.2, -0.15) is 0 Å². The molecule has 1 amide bonds. The van der Waals surface area contributed by atoms with Crippen LogP contribution in [0.1, 0.15) is 0 Å². The van der Waals surface area contributed by atoms with E-state index in [4.69, 9.17) is 14.2 Å². The molecule has 0 aliphatic carbocycles. The molecule has 2 N–H and O–H groups in total. The van der Waals surface area contributed by atoms with Gasteiger partial charge in [0.2, 0.25) is 15.9 Å². The molecule has 4 rings (SSSR count). The quantitative estimate of drug-likeness (QED) is 0.348. The molecule has 1 aromatic heterocycles. The monoisotopic (exact) mass is 511 g/mol. The molecule has 186 valence electrons. The summed E-state index contributed by atoms with van der Waals surface area (Å²) >= 11 is 0. The number of hydrogen-bond donors (Lipinski definition) is 2. The highest BCUT2D eigenvalue weighted by Gasteiger charge is 2.19. The van der Waals surface area contributed by atoms with E-state index in [-0.39, 0.29) is 16.4 Å². The SMILES string of the molecule is COc1cc2nccc(Oc3ccc(S(=O)(=O)NCC(=O)Nc4ccccc4)cc3F)c2cc1OC. The van der Waals surface area contributed by atoms with Gasteiger partial charge in [0.05, 0.1) is 31.2 Å². The summed E-state index contributed by atoms with van der Waals surface area (Å²) in [5.74, 6) is -0.476. The van der Waals surface area contributed by atoms with Gasteiger partial charge in [-0.1, -0.05) is 18.2 Å². The molecule has 4 aromatic rings. The van der Waals surface area contributed by atoms with Gasteiger partial charge in [-0.05, 0) is 42.5 Å². The van der Waals surface area contributed by atoms with Gasteiger partial charge in [-0.3, -0.25) is 9.78 Å². The van der Waals surface area contributed by atoms with E-state index in [1.54, 1.807) is 48.5 Å². The first kappa shape index (κ1) is 24.9. The number of anilines is 1. The first-order valence-corrected chi connectivity index (χ1v) is 12.1. The van der Waals surface area contributed by atoms with Crippen molar-refractivity contribution >= 4 is 32.5 Å². The molecule has 0 aliphatic rings. The molecule has 0 spiro atoms. The lowest BCUT2D eigenvalue weighted by molar-refractivity contribution is -0.115. The van der Waals surface area contributed by atoms with Crippen molar-refractivity contribution in [1.82, 2.24) is 9.71 Å². The van der Waals surface area contributed by atoms with Crippen LogP contribution >= 0.6 is 0 Å². The predicted molar refractivity (Wildman–Crippen MR) is 132 cm³/mol. The maximum absolute atomic E-state index is 14.9. The van der Waals surface area contributed by atoms with Crippen LogP contribution in [0.25, 0.3) is 10.9 Å². The number of sulfonamides is 1. The zero-order valence-electron chi connectivity index (χ0n) is 19.3. The number of rotatable bonds is 9. The molecule has 0 fully saturated rings. The number of ether oxygens (including phenoxy) is 3. The minimum Gasteiger partial charge on any atom is -0.493 e. The number of pyridine rings is 1. The zero-order valence-corrected chi connectivity index (χ0v) is 20.1. The Morgan fingerprint density at radius 3 is 2.33 bits per heavy atom. The fourth-order valence-corrected chi connectivity index (χ4v) is 4.35. The average Bonchev–Trinajstić information content (AvgIpc) is 2.88. The van der Waals surface area contributed by atoms with Crippen LogP contribution in [0.15, 0.2) is 77.8 Å². The first-order valence-electron chi connectivity index (χ1n) is 10.6. The molecule has 11 heteroatoms. The van der Waals surface area contributed by atoms with Crippen LogP contribution < -0.4 is 24.2 Å². The van der Waals surface area contributed by atoms with E-state index in [1.165, 1.54) is 32.5 Å². The van der Waals surface area contributed by atoms with Gasteiger partial charge in [0.25, 0.3) is 0 Å². The van der Waals surface area contributed by atoms with Crippen molar-refractivity contribution < 1.29 is 31.8 Å². The molecule has 0 radical (unpaired) electrons. The molecule has 0 atom stereocenters. The summed E-state index contributed by atoms with van der Waals surface area (Å²) in [4.78, 5) is 16.0. The Hall–Kier alpha value is -4.22. The predicted octanol–water partition coefficient (Wildman–Crippen LogP) is 4.10. The summed E-state index contributed by atoms with van der Waals surface area (Å²) in [6.45, 7) is -0.522. The van der Waals surface area contributed by atoms with Crippen LogP contribution in [0, 0.1) is 5.82 Å². The second kappa shape index (κ2) is 10.6. The Morgan fingerprint density at radius 2 is 1.64 bits per heavy atom. The van der Waals surface area contributed by atoms with E-state index >= 15 is 0 Å². The van der Waals surface area contributed by atoms with Gasteiger partial charge in [-0.15, -0.1) is 0 Å². The van der Waals surface area contributed by atoms with Gasteiger partial charge >= 0.3 is 0 Å². The highest BCUT2D eigenvalue weighted by atomic mass is 32.2. The van der Waals surface area contributed by atoms with Crippen LogP contribution in [-0.4, -0.2) is 40.1 Å². The Bertz CT molecular complexity index is 1510. The van der Waals surface area contributed by atoms with Crippen molar-refractivity contribution in [3.63, 3.8) is 0 Å². The summed E-state index contributed by atoms with van der Waals surface area (Å²) in [6, 6.07) is 16.6. The van der Waals surface area contributed by atoms with Crippen molar-refractivity contribution in [3.05, 3.63) is 78.7 Å². The van der Waals surface area contributed by atoms with Crippen LogP contribution in [0.2, 0.25) is 0 Å². The topological polar surface area (TPSA) is 116 Å². The van der Waals surface area contributed by atoms with E-state index in [1.807, 2.05) is 0 Å². The van der Waals surface area contributed by atoms with Crippen molar-refractivity contribution in [1.29, 1.82) is 0 Å². The van der Waals surface area contributed by atoms with E-state index < -0.39 is 28.3 Å². The molecule has 0 bridgehead atoms. The van der Waals surface area contributed by atoms with Crippen LogP contribution in [0.5, 0.6) is 23.0 Å². The number of hydrogen-bond acceptors (Lipinski definition) is 7. The molecule has 0 saturated carbocycles. The molecular weight excluding hydrogens is 489 g/mol. The second-order valence-electron chi connectivity index (χ2n) is 7.47. The number of carbonyl (C=O) groups is 1. The summed E-state index contributed by atoms with van der Waals surface area (Å²) in [7, 11) is -1.17. The maximum atomic E-state index is 14.9. The average molecular weight is 512 g/mol. The van der Waals surface area contributed by atoms with Crippen molar-refractivity contribution in [2.24, 2.45) is 0 Å². The first-order chi connectivity index (χ1) is 17.3. The largest absolute Gasteiger partial charge is 0.493 e. The molecule has 0 aliphatic heterocycles. The third-order valence-electron chi connectivity index (χ3n) is 5.12. The van der Waals surface area contributed by atoms with Crippen molar-refractivity contribution in [3.8, 4) is 23.0 Å². The van der Waals surface area contributed by atoms with Crippen LogP contribution in [-0.2, 0) is 14.8 Å². The number of methoxy groups -OCH3 is 2. The Kier molecular flexibility index (Phi) is 7.32. The van der Waals surface area contributed by atoms with E-state index in [0.29, 0.717) is 28.1 Å². The lowest BCUT2D eigenvalue weighted by Gasteiger charge is -2.13. The van der Waals surface area contributed by atoms with Crippen LogP contribution in [0.4, 0.5) is 10.1 Å². The summed E-state index contributed by atoms with van der Waals surface area (Å²) in [6.07, 6.45) is 1.49.